The van der Waals surface area contributed by atoms with Crippen molar-refractivity contribution in [3.8, 4) is 17.2 Å². The van der Waals surface area contributed by atoms with Gasteiger partial charge in [-0.25, -0.2) is 0 Å². The van der Waals surface area contributed by atoms with Gasteiger partial charge in [-0.1, -0.05) is 24.3 Å². The molecule has 0 atom stereocenters. The Morgan fingerprint density at radius 3 is 2.20 bits per heavy atom. The Morgan fingerprint density at radius 1 is 0.880 bits per heavy atom. The van der Waals surface area contributed by atoms with Gasteiger partial charge in [-0.2, -0.15) is 0 Å². The number of benzene rings is 3. The van der Waals surface area contributed by atoms with E-state index in [9.17, 15) is 4.79 Å². The number of hydrogen-bond donors (Lipinski definition) is 1. The molecule has 0 spiro atoms. The third-order valence-corrected chi connectivity index (χ3v) is 4.47. The van der Waals surface area contributed by atoms with Crippen molar-refractivity contribution in [1.82, 2.24) is 0 Å². The Bertz CT molecular complexity index is 878. The van der Waals surface area contributed by atoms with Gasteiger partial charge >= 0.3 is 0 Å². The summed E-state index contributed by atoms with van der Waals surface area (Å²) >= 11 is 2.15. The summed E-state index contributed by atoms with van der Waals surface area (Å²) in [5.74, 6) is 1.83. The second kappa shape index (κ2) is 8.02. The van der Waals surface area contributed by atoms with Crippen molar-refractivity contribution in [2.45, 2.75) is 0 Å². The standard InChI is InChI=1S/C20H16INO3/c1-24-18-8-4-5-9-19(18)25-15-12-10-14(11-13-15)22-20(23)16-6-2-3-7-17(16)21/h2-13H,1H3,(H,22,23). The van der Waals surface area contributed by atoms with E-state index in [1.807, 2.05) is 42.5 Å². The summed E-state index contributed by atoms with van der Waals surface area (Å²) in [5.41, 5.74) is 1.36. The Labute approximate surface area is 159 Å². The molecule has 3 rings (SSSR count). The van der Waals surface area contributed by atoms with Crippen LogP contribution < -0.4 is 14.8 Å². The molecule has 0 aliphatic rings. The van der Waals surface area contributed by atoms with E-state index in [0.717, 1.165) is 3.57 Å². The minimum absolute atomic E-state index is 0.136. The van der Waals surface area contributed by atoms with Crippen LogP contribution in [0.4, 0.5) is 5.69 Å². The van der Waals surface area contributed by atoms with Gasteiger partial charge in [0.25, 0.3) is 5.91 Å². The van der Waals surface area contributed by atoms with Gasteiger partial charge in [0.1, 0.15) is 5.75 Å². The Balaban J connectivity index is 1.70. The van der Waals surface area contributed by atoms with Crippen LogP contribution in [0.5, 0.6) is 17.2 Å². The normalized spacial score (nSPS) is 10.2. The summed E-state index contributed by atoms with van der Waals surface area (Å²) < 4.78 is 12.0. The Morgan fingerprint density at radius 2 is 1.52 bits per heavy atom. The first-order valence-corrected chi connectivity index (χ1v) is 8.72. The topological polar surface area (TPSA) is 47.6 Å². The van der Waals surface area contributed by atoms with E-state index in [1.165, 1.54) is 0 Å². The molecular formula is C20H16INO3. The van der Waals surface area contributed by atoms with E-state index in [1.54, 1.807) is 37.4 Å². The van der Waals surface area contributed by atoms with Gasteiger partial charge in [0, 0.05) is 9.26 Å². The SMILES string of the molecule is COc1ccccc1Oc1ccc(NC(=O)c2ccccc2I)cc1. The van der Waals surface area contributed by atoms with Gasteiger partial charge < -0.3 is 14.8 Å². The number of rotatable bonds is 5. The summed E-state index contributed by atoms with van der Waals surface area (Å²) in [6.07, 6.45) is 0. The highest BCUT2D eigenvalue weighted by Crippen LogP contribution is 2.31. The van der Waals surface area contributed by atoms with Gasteiger partial charge in [0.05, 0.1) is 12.7 Å². The fourth-order valence-corrected chi connectivity index (χ4v) is 2.91. The molecule has 0 heterocycles. The molecule has 0 saturated carbocycles. The van der Waals surface area contributed by atoms with E-state index < -0.39 is 0 Å². The maximum absolute atomic E-state index is 12.3. The molecule has 5 heteroatoms. The van der Waals surface area contributed by atoms with Crippen LogP contribution in [0, 0.1) is 3.57 Å². The number of carbonyl (C=O) groups excluding carboxylic acids is 1. The number of para-hydroxylation sites is 2. The van der Waals surface area contributed by atoms with Gasteiger partial charge in [-0.05, 0) is 71.1 Å². The molecule has 3 aromatic rings. The predicted molar refractivity (Wildman–Crippen MR) is 107 cm³/mol. The van der Waals surface area contributed by atoms with E-state index in [-0.39, 0.29) is 5.91 Å². The van der Waals surface area contributed by atoms with Crippen LogP contribution in [0.15, 0.2) is 72.8 Å². The van der Waals surface area contributed by atoms with Crippen LogP contribution >= 0.6 is 22.6 Å². The summed E-state index contributed by atoms with van der Waals surface area (Å²) in [5, 5.41) is 2.89. The fraction of sp³-hybridized carbons (Fsp3) is 0.0500. The number of hydrogen-bond acceptors (Lipinski definition) is 3. The number of carbonyl (C=O) groups is 1. The molecule has 0 aliphatic carbocycles. The molecule has 1 amide bonds. The molecule has 0 unspecified atom stereocenters. The lowest BCUT2D eigenvalue weighted by atomic mass is 10.2. The van der Waals surface area contributed by atoms with Crippen molar-refractivity contribution < 1.29 is 14.3 Å². The van der Waals surface area contributed by atoms with Crippen LogP contribution in [0.1, 0.15) is 10.4 Å². The molecule has 0 aromatic heterocycles. The quantitative estimate of drug-likeness (QED) is 0.540. The summed E-state index contributed by atoms with van der Waals surface area (Å²) in [7, 11) is 1.60. The monoisotopic (exact) mass is 445 g/mol. The summed E-state index contributed by atoms with van der Waals surface area (Å²) in [6.45, 7) is 0. The molecular weight excluding hydrogens is 429 g/mol. The molecule has 1 N–H and O–H groups in total. The average molecular weight is 445 g/mol. The summed E-state index contributed by atoms with van der Waals surface area (Å²) in [6, 6.07) is 22.1. The van der Waals surface area contributed by atoms with Crippen molar-refractivity contribution in [1.29, 1.82) is 0 Å². The third kappa shape index (κ3) is 4.30. The van der Waals surface area contributed by atoms with Crippen molar-refractivity contribution in [3.63, 3.8) is 0 Å². The van der Waals surface area contributed by atoms with Gasteiger partial charge in [0.2, 0.25) is 0 Å². The second-order valence-corrected chi connectivity index (χ2v) is 6.37. The molecule has 126 valence electrons. The Hall–Kier alpha value is -2.54. The largest absolute Gasteiger partial charge is 0.493 e. The molecule has 0 bridgehead atoms. The minimum Gasteiger partial charge on any atom is -0.493 e. The molecule has 0 fully saturated rings. The number of amides is 1. The molecule has 3 aromatic carbocycles. The first-order valence-electron chi connectivity index (χ1n) is 7.64. The Kier molecular flexibility index (Phi) is 5.55. The van der Waals surface area contributed by atoms with Crippen molar-refractivity contribution in [2.24, 2.45) is 0 Å². The minimum atomic E-state index is -0.136. The van der Waals surface area contributed by atoms with Gasteiger partial charge in [-0.15, -0.1) is 0 Å². The number of ether oxygens (including phenoxy) is 2. The third-order valence-electron chi connectivity index (χ3n) is 3.53. The zero-order valence-electron chi connectivity index (χ0n) is 13.5. The van der Waals surface area contributed by atoms with Crippen molar-refractivity contribution in [3.05, 3.63) is 81.9 Å². The summed E-state index contributed by atoms with van der Waals surface area (Å²) in [4.78, 5) is 12.3. The fourth-order valence-electron chi connectivity index (χ4n) is 2.28. The lowest BCUT2D eigenvalue weighted by Crippen LogP contribution is -2.13. The van der Waals surface area contributed by atoms with Crippen LogP contribution in [0.2, 0.25) is 0 Å². The maximum atomic E-state index is 12.3. The highest BCUT2D eigenvalue weighted by Gasteiger charge is 2.10. The number of nitrogens with one attached hydrogen (secondary N) is 1. The predicted octanol–water partition coefficient (Wildman–Crippen LogP) is 5.34. The lowest BCUT2D eigenvalue weighted by molar-refractivity contribution is 0.102. The van der Waals surface area contributed by atoms with E-state index in [2.05, 4.69) is 27.9 Å². The average Bonchev–Trinajstić information content (AvgIpc) is 2.64. The van der Waals surface area contributed by atoms with E-state index >= 15 is 0 Å². The molecule has 0 aliphatic heterocycles. The van der Waals surface area contributed by atoms with Crippen LogP contribution in [-0.2, 0) is 0 Å². The van der Waals surface area contributed by atoms with Crippen LogP contribution in [0.3, 0.4) is 0 Å². The van der Waals surface area contributed by atoms with Crippen LogP contribution in [0.25, 0.3) is 0 Å². The van der Waals surface area contributed by atoms with Gasteiger partial charge in [-0.3, -0.25) is 4.79 Å². The van der Waals surface area contributed by atoms with E-state index in [4.69, 9.17) is 9.47 Å². The zero-order valence-corrected chi connectivity index (χ0v) is 15.7. The zero-order chi connectivity index (χ0) is 17.6. The number of halogens is 1. The second-order valence-electron chi connectivity index (χ2n) is 5.21. The van der Waals surface area contributed by atoms with Crippen molar-refractivity contribution in [2.75, 3.05) is 12.4 Å². The first-order chi connectivity index (χ1) is 12.2. The van der Waals surface area contributed by atoms with Gasteiger partial charge in [0.15, 0.2) is 11.5 Å². The number of anilines is 1. The number of methoxy groups -OCH3 is 1. The van der Waals surface area contributed by atoms with Crippen molar-refractivity contribution >= 4 is 34.2 Å². The molecule has 0 saturated heterocycles. The molecule has 4 nitrogen and oxygen atoms in total. The molecule has 0 radical (unpaired) electrons. The van der Waals surface area contributed by atoms with E-state index in [0.29, 0.717) is 28.5 Å². The maximum Gasteiger partial charge on any atom is 0.256 e. The smallest absolute Gasteiger partial charge is 0.256 e. The first kappa shape index (κ1) is 17.3. The van der Waals surface area contributed by atoms with Crippen LogP contribution in [-0.4, -0.2) is 13.0 Å². The highest BCUT2D eigenvalue weighted by molar-refractivity contribution is 14.1. The highest BCUT2D eigenvalue weighted by atomic mass is 127. The lowest BCUT2D eigenvalue weighted by Gasteiger charge is -2.11. The molecule has 25 heavy (non-hydrogen) atoms.